The lowest BCUT2D eigenvalue weighted by Gasteiger charge is -2.19. The van der Waals surface area contributed by atoms with Gasteiger partial charge in [0.1, 0.15) is 5.17 Å². The average Bonchev–Trinajstić information content (AvgIpc) is 2.61. The minimum atomic E-state index is -0.370. The zero-order chi connectivity index (χ0) is 16.5. The Balaban J connectivity index is 0.000000849. The van der Waals surface area contributed by atoms with Crippen LogP contribution in [0.2, 0.25) is 0 Å². The van der Waals surface area contributed by atoms with Crippen LogP contribution in [0.25, 0.3) is 18.2 Å². The minimum Gasteiger partial charge on any atom is -0.356 e. The maximum Gasteiger partial charge on any atom is 0.124 e. The van der Waals surface area contributed by atoms with E-state index in [4.69, 9.17) is 11.6 Å². The normalized spacial score (nSPS) is 19.2. The Morgan fingerprint density at radius 2 is 1.78 bits per heavy atom. The van der Waals surface area contributed by atoms with Gasteiger partial charge in [0.15, 0.2) is 0 Å². The van der Waals surface area contributed by atoms with Crippen molar-refractivity contribution in [1.29, 1.82) is 0 Å². The molecule has 0 unspecified atom stereocenters. The molecule has 0 bridgehead atoms. The van der Waals surface area contributed by atoms with E-state index in [1.54, 1.807) is 6.26 Å². The van der Waals surface area contributed by atoms with Gasteiger partial charge in [-0.05, 0) is 58.3 Å². The molecule has 0 saturated carbocycles. The Morgan fingerprint density at radius 1 is 1.13 bits per heavy atom. The molecule has 0 atom stereocenters. The number of halogens is 1. The van der Waals surface area contributed by atoms with Crippen LogP contribution < -0.4 is 10.6 Å². The molecule has 0 saturated heterocycles. The van der Waals surface area contributed by atoms with E-state index in [0.717, 1.165) is 16.6 Å². The summed E-state index contributed by atoms with van der Waals surface area (Å²) in [6.45, 7) is 8.33. The number of hydrogen-bond acceptors (Lipinski definition) is 3. The quantitative estimate of drug-likeness (QED) is 0.671. The predicted octanol–water partition coefficient (Wildman–Crippen LogP) is 3.52. The Hall–Kier alpha value is -1.26. The maximum absolute atomic E-state index is 6.13. The number of aromatic amines is 1. The molecule has 0 aromatic carbocycles. The second-order valence-electron chi connectivity index (χ2n) is 6.31. The van der Waals surface area contributed by atoms with Gasteiger partial charge in [-0.25, -0.2) is 0 Å². The standard InChI is InChI=1S/C16H18ClN3.CH4S.CH4/c1-15(2)9-11-10-5-6-13(17)20-16(3,4)14(10)19-12(11)7-8-18-15;1-2;/h5-9,19H,1-4H3;2H,1H3;1H4. The van der Waals surface area contributed by atoms with E-state index in [9.17, 15) is 0 Å². The minimum absolute atomic E-state index is 0. The molecule has 0 amide bonds. The van der Waals surface area contributed by atoms with Gasteiger partial charge >= 0.3 is 0 Å². The first-order chi connectivity index (χ1) is 10.3. The summed E-state index contributed by atoms with van der Waals surface area (Å²) >= 11 is 9.66. The SMILES string of the molecule is C.CC1(C)C=c2c3c([nH]c2=CC=N1)C(C)(C)N=C(Cl)C=C3.CS. The Bertz CT molecular complexity index is 780. The summed E-state index contributed by atoms with van der Waals surface area (Å²) in [7, 11) is 0. The highest BCUT2D eigenvalue weighted by Crippen LogP contribution is 2.28. The smallest absolute Gasteiger partial charge is 0.124 e. The maximum atomic E-state index is 6.13. The first kappa shape index (κ1) is 19.8. The Kier molecular flexibility index (Phi) is 6.11. The van der Waals surface area contributed by atoms with Gasteiger partial charge in [-0.2, -0.15) is 12.6 Å². The van der Waals surface area contributed by atoms with Gasteiger partial charge in [0, 0.05) is 22.3 Å². The van der Waals surface area contributed by atoms with Gasteiger partial charge in [0.2, 0.25) is 0 Å². The van der Waals surface area contributed by atoms with Gasteiger partial charge in [-0.15, -0.1) is 0 Å². The van der Waals surface area contributed by atoms with Gasteiger partial charge < -0.3 is 4.98 Å². The number of allylic oxidation sites excluding steroid dienone is 1. The molecule has 126 valence electrons. The first-order valence-electron chi connectivity index (χ1n) is 7.18. The molecule has 0 aliphatic carbocycles. The number of aliphatic imine (C=N–C) groups is 2. The molecular weight excluding hydrogens is 326 g/mol. The molecule has 2 aliphatic rings. The van der Waals surface area contributed by atoms with E-state index >= 15 is 0 Å². The van der Waals surface area contributed by atoms with E-state index in [1.807, 2.05) is 24.4 Å². The van der Waals surface area contributed by atoms with Crippen LogP contribution in [0.5, 0.6) is 0 Å². The molecule has 1 aromatic heterocycles. The topological polar surface area (TPSA) is 40.5 Å². The summed E-state index contributed by atoms with van der Waals surface area (Å²) in [5.74, 6) is 0. The molecule has 3 heterocycles. The van der Waals surface area contributed by atoms with Crippen LogP contribution in [-0.4, -0.2) is 28.2 Å². The molecule has 5 heteroatoms. The zero-order valence-electron chi connectivity index (χ0n) is 13.6. The van der Waals surface area contributed by atoms with Gasteiger partial charge in [0.25, 0.3) is 0 Å². The van der Waals surface area contributed by atoms with Crippen LogP contribution in [0.1, 0.15) is 46.4 Å². The van der Waals surface area contributed by atoms with Crippen molar-refractivity contribution in [3.63, 3.8) is 0 Å². The van der Waals surface area contributed by atoms with Crippen molar-refractivity contribution in [3.8, 4) is 0 Å². The summed E-state index contributed by atoms with van der Waals surface area (Å²) in [6, 6.07) is 0. The van der Waals surface area contributed by atoms with Crippen LogP contribution in [0.4, 0.5) is 0 Å². The Morgan fingerprint density at radius 3 is 2.43 bits per heavy atom. The molecular formula is C18H26ClN3S. The largest absolute Gasteiger partial charge is 0.356 e. The summed E-state index contributed by atoms with van der Waals surface area (Å²) in [5.41, 5.74) is 1.66. The fraction of sp³-hybridized carbons (Fsp3) is 0.444. The lowest BCUT2D eigenvalue weighted by molar-refractivity contribution is 0.543. The first-order valence-corrected chi connectivity index (χ1v) is 8.45. The third kappa shape index (κ3) is 3.99. The van der Waals surface area contributed by atoms with Crippen molar-refractivity contribution in [3.05, 3.63) is 27.9 Å². The molecule has 1 N–H and O–H groups in total. The molecule has 3 rings (SSSR count). The molecule has 0 fully saturated rings. The van der Waals surface area contributed by atoms with Crippen molar-refractivity contribution in [2.24, 2.45) is 9.98 Å². The summed E-state index contributed by atoms with van der Waals surface area (Å²) < 4.78 is 0. The highest BCUT2D eigenvalue weighted by atomic mass is 35.5. The monoisotopic (exact) mass is 351 g/mol. The number of hydrogen-bond donors (Lipinski definition) is 2. The molecule has 0 spiro atoms. The molecule has 0 radical (unpaired) electrons. The fourth-order valence-electron chi connectivity index (χ4n) is 2.70. The summed E-state index contributed by atoms with van der Waals surface area (Å²) in [4.78, 5) is 12.6. The molecule has 23 heavy (non-hydrogen) atoms. The number of aromatic nitrogens is 1. The van der Waals surface area contributed by atoms with E-state index in [-0.39, 0.29) is 18.5 Å². The van der Waals surface area contributed by atoms with Crippen LogP contribution in [-0.2, 0) is 5.54 Å². The fourth-order valence-corrected chi connectivity index (χ4v) is 2.97. The highest BCUT2D eigenvalue weighted by Gasteiger charge is 2.27. The van der Waals surface area contributed by atoms with Crippen molar-refractivity contribution in [2.45, 2.75) is 46.2 Å². The number of H-pyrrole nitrogens is 1. The number of rotatable bonds is 0. The van der Waals surface area contributed by atoms with E-state index in [1.165, 1.54) is 5.22 Å². The van der Waals surface area contributed by atoms with Gasteiger partial charge in [-0.1, -0.05) is 19.0 Å². The second kappa shape index (κ2) is 7.10. The van der Waals surface area contributed by atoms with Crippen molar-refractivity contribution >= 4 is 53.8 Å². The summed E-state index contributed by atoms with van der Waals surface area (Å²) in [5, 5.41) is 2.78. The third-order valence-corrected chi connectivity index (χ3v) is 3.85. The molecule has 3 nitrogen and oxygen atoms in total. The van der Waals surface area contributed by atoms with Gasteiger partial charge in [-0.3, -0.25) is 9.98 Å². The number of nitrogens with zero attached hydrogens (tertiary/aromatic N) is 2. The lowest BCUT2D eigenvalue weighted by Crippen LogP contribution is -2.27. The van der Waals surface area contributed by atoms with Crippen LogP contribution in [0, 0.1) is 0 Å². The van der Waals surface area contributed by atoms with Crippen molar-refractivity contribution in [1.82, 2.24) is 4.98 Å². The lowest BCUT2D eigenvalue weighted by atomic mass is 9.96. The van der Waals surface area contributed by atoms with Gasteiger partial charge in [0.05, 0.1) is 16.8 Å². The van der Waals surface area contributed by atoms with Crippen molar-refractivity contribution < 1.29 is 0 Å². The zero-order valence-corrected chi connectivity index (χ0v) is 15.3. The van der Waals surface area contributed by atoms with Crippen LogP contribution in [0.3, 0.4) is 0 Å². The second-order valence-corrected chi connectivity index (χ2v) is 6.70. The summed E-state index contributed by atoms with van der Waals surface area (Å²) in [6.07, 6.45) is 11.7. The van der Waals surface area contributed by atoms with E-state index < -0.39 is 0 Å². The van der Waals surface area contributed by atoms with Crippen LogP contribution >= 0.6 is 24.2 Å². The number of thiol groups is 1. The van der Waals surface area contributed by atoms with Crippen LogP contribution in [0.15, 0.2) is 16.1 Å². The third-order valence-electron chi connectivity index (χ3n) is 3.64. The highest BCUT2D eigenvalue weighted by molar-refractivity contribution is 7.79. The number of fused-ring (bicyclic) bond motifs is 3. The number of nitrogens with one attached hydrogen (secondary N) is 1. The average molecular weight is 352 g/mol. The van der Waals surface area contributed by atoms with Crippen molar-refractivity contribution in [2.75, 3.05) is 6.26 Å². The predicted molar refractivity (Wildman–Crippen MR) is 109 cm³/mol. The Labute approximate surface area is 149 Å². The molecule has 1 aromatic rings. The van der Waals surface area contributed by atoms with E-state index in [2.05, 4.69) is 61.4 Å². The molecule has 2 aliphatic heterocycles. The van der Waals surface area contributed by atoms with E-state index in [0.29, 0.717) is 5.17 Å².